The van der Waals surface area contributed by atoms with E-state index in [4.69, 9.17) is 0 Å². The lowest BCUT2D eigenvalue weighted by Gasteiger charge is -2.32. The van der Waals surface area contributed by atoms with Crippen molar-refractivity contribution in [1.82, 2.24) is 10.2 Å². The molecule has 2 aliphatic rings. The van der Waals surface area contributed by atoms with Gasteiger partial charge in [0.2, 0.25) is 0 Å². The van der Waals surface area contributed by atoms with Gasteiger partial charge in [-0.05, 0) is 49.0 Å². The maximum absolute atomic E-state index is 12.4. The Labute approximate surface area is 191 Å². The Morgan fingerprint density at radius 3 is 2.16 bits per heavy atom. The van der Waals surface area contributed by atoms with Gasteiger partial charge in [0.05, 0.1) is 0 Å². The molecule has 0 spiro atoms. The van der Waals surface area contributed by atoms with E-state index in [2.05, 4.69) is 64.8 Å². The van der Waals surface area contributed by atoms with E-state index in [0.29, 0.717) is 24.4 Å². The zero-order valence-electron chi connectivity index (χ0n) is 18.6. The lowest BCUT2D eigenvalue weighted by molar-refractivity contribution is 0.0993. The quantitative estimate of drug-likeness (QED) is 0.503. The summed E-state index contributed by atoms with van der Waals surface area (Å²) in [6.45, 7) is 3.42. The highest BCUT2D eigenvalue weighted by molar-refractivity contribution is 5.97. The van der Waals surface area contributed by atoms with Gasteiger partial charge in [-0.15, -0.1) is 0 Å². The van der Waals surface area contributed by atoms with Crippen molar-refractivity contribution in [1.29, 1.82) is 0 Å². The monoisotopic (exact) mass is 424 g/mol. The molecule has 1 heterocycles. The number of piperidine rings is 1. The van der Waals surface area contributed by atoms with Crippen molar-refractivity contribution in [3.63, 3.8) is 0 Å². The Hall–Kier alpha value is -2.75. The number of nitrogens with zero attached hydrogens (tertiary/aromatic N) is 1. The average Bonchev–Trinajstić information content (AvgIpc) is 3.61. The molecule has 0 radical (unpaired) electrons. The van der Waals surface area contributed by atoms with Gasteiger partial charge in [-0.25, -0.2) is 0 Å². The molecule has 3 nitrogen and oxygen atoms in total. The molecule has 2 unspecified atom stereocenters. The van der Waals surface area contributed by atoms with E-state index in [0.717, 1.165) is 17.7 Å². The highest BCUT2D eigenvalue weighted by atomic mass is 16.1. The van der Waals surface area contributed by atoms with Crippen molar-refractivity contribution >= 4 is 5.78 Å². The Morgan fingerprint density at radius 1 is 0.812 bits per heavy atom. The SMILES string of the molecule is O=C(Cc1ccc(C2CC2NC2CCN(Cc3ccccc3)CC2)cc1)c1ccccc1. The van der Waals surface area contributed by atoms with Crippen LogP contribution >= 0.6 is 0 Å². The molecule has 1 aliphatic carbocycles. The molecule has 1 aliphatic heterocycles. The molecule has 5 rings (SSSR count). The van der Waals surface area contributed by atoms with E-state index in [1.807, 2.05) is 30.3 Å². The predicted octanol–water partition coefficient (Wildman–Crippen LogP) is 5.22. The lowest BCUT2D eigenvalue weighted by atomic mass is 10.0. The van der Waals surface area contributed by atoms with Crippen LogP contribution < -0.4 is 5.32 Å². The van der Waals surface area contributed by atoms with Gasteiger partial charge in [0, 0.05) is 36.5 Å². The Bertz CT molecular complexity index is 1010. The molecule has 1 saturated carbocycles. The van der Waals surface area contributed by atoms with Crippen molar-refractivity contribution in [2.24, 2.45) is 0 Å². The molecule has 3 heteroatoms. The summed E-state index contributed by atoms with van der Waals surface area (Å²) in [6.07, 6.45) is 4.16. The number of ketones is 1. The summed E-state index contributed by atoms with van der Waals surface area (Å²) < 4.78 is 0. The predicted molar refractivity (Wildman–Crippen MR) is 130 cm³/mol. The molecule has 3 aromatic carbocycles. The third kappa shape index (κ3) is 5.35. The van der Waals surface area contributed by atoms with Crippen LogP contribution in [0.4, 0.5) is 0 Å². The van der Waals surface area contributed by atoms with Gasteiger partial charge in [0.1, 0.15) is 0 Å². The summed E-state index contributed by atoms with van der Waals surface area (Å²) in [5, 5.41) is 3.91. The van der Waals surface area contributed by atoms with Crippen LogP contribution in [0.3, 0.4) is 0 Å². The Morgan fingerprint density at radius 2 is 1.47 bits per heavy atom. The smallest absolute Gasteiger partial charge is 0.167 e. The second-order valence-electron chi connectivity index (χ2n) is 9.36. The van der Waals surface area contributed by atoms with Crippen LogP contribution in [0, 0.1) is 0 Å². The minimum atomic E-state index is 0.183. The fourth-order valence-corrected chi connectivity index (χ4v) is 4.94. The zero-order chi connectivity index (χ0) is 21.8. The number of hydrogen-bond acceptors (Lipinski definition) is 3. The van der Waals surface area contributed by atoms with Crippen LogP contribution in [-0.2, 0) is 13.0 Å². The highest BCUT2D eigenvalue weighted by Gasteiger charge is 2.39. The van der Waals surface area contributed by atoms with Crippen LogP contribution in [-0.4, -0.2) is 35.9 Å². The molecule has 164 valence electrons. The summed E-state index contributed by atoms with van der Waals surface area (Å²) in [5.74, 6) is 0.805. The maximum Gasteiger partial charge on any atom is 0.167 e. The van der Waals surface area contributed by atoms with Crippen LogP contribution in [0.5, 0.6) is 0 Å². The first-order valence-corrected chi connectivity index (χ1v) is 11.9. The molecule has 2 atom stereocenters. The van der Waals surface area contributed by atoms with Crippen molar-refractivity contribution in [2.75, 3.05) is 13.1 Å². The first-order valence-electron chi connectivity index (χ1n) is 11.9. The van der Waals surface area contributed by atoms with Crippen molar-refractivity contribution in [3.05, 3.63) is 107 Å². The van der Waals surface area contributed by atoms with Crippen molar-refractivity contribution in [2.45, 2.75) is 50.2 Å². The zero-order valence-corrected chi connectivity index (χ0v) is 18.6. The minimum absolute atomic E-state index is 0.183. The van der Waals surface area contributed by atoms with Gasteiger partial charge in [0.15, 0.2) is 5.78 Å². The topological polar surface area (TPSA) is 32.3 Å². The third-order valence-corrected chi connectivity index (χ3v) is 6.95. The van der Waals surface area contributed by atoms with Gasteiger partial charge in [-0.1, -0.05) is 84.9 Å². The van der Waals surface area contributed by atoms with E-state index >= 15 is 0 Å². The molecule has 1 saturated heterocycles. The van der Waals surface area contributed by atoms with E-state index in [1.54, 1.807) is 0 Å². The largest absolute Gasteiger partial charge is 0.311 e. The van der Waals surface area contributed by atoms with Gasteiger partial charge in [-0.3, -0.25) is 9.69 Å². The minimum Gasteiger partial charge on any atom is -0.311 e. The van der Waals surface area contributed by atoms with Gasteiger partial charge >= 0.3 is 0 Å². The van der Waals surface area contributed by atoms with Crippen LogP contribution in [0.15, 0.2) is 84.9 Å². The number of hydrogen-bond donors (Lipinski definition) is 1. The second kappa shape index (κ2) is 9.81. The number of nitrogens with one attached hydrogen (secondary N) is 1. The van der Waals surface area contributed by atoms with Gasteiger partial charge < -0.3 is 5.32 Å². The highest BCUT2D eigenvalue weighted by Crippen LogP contribution is 2.41. The second-order valence-corrected chi connectivity index (χ2v) is 9.36. The molecule has 0 amide bonds. The number of likely N-dealkylation sites (tertiary alicyclic amines) is 1. The Balaban J connectivity index is 1.07. The summed E-state index contributed by atoms with van der Waals surface area (Å²) >= 11 is 0. The fourth-order valence-electron chi connectivity index (χ4n) is 4.94. The first-order chi connectivity index (χ1) is 15.7. The lowest BCUT2D eigenvalue weighted by Crippen LogP contribution is -2.43. The molecule has 32 heavy (non-hydrogen) atoms. The fraction of sp³-hybridized carbons (Fsp3) is 0.345. The number of carbonyl (C=O) groups is 1. The number of Topliss-reactive ketones (excluding diaryl/α,β-unsaturated/α-hetero) is 1. The summed E-state index contributed by atoms with van der Waals surface area (Å²) in [4.78, 5) is 15.0. The van der Waals surface area contributed by atoms with Gasteiger partial charge in [0.25, 0.3) is 0 Å². The maximum atomic E-state index is 12.4. The molecule has 0 aromatic heterocycles. The number of rotatable bonds is 8. The standard InChI is InChI=1S/C29H32N2O/c32-29(25-9-5-2-6-10-25)19-22-11-13-24(14-12-22)27-20-28(27)30-26-15-17-31(18-16-26)21-23-7-3-1-4-8-23/h1-14,26-28,30H,15-21H2. The van der Waals surface area contributed by atoms with Crippen molar-refractivity contribution < 1.29 is 4.79 Å². The molecule has 3 aromatic rings. The normalized spacial score (nSPS) is 21.4. The molecular formula is C29H32N2O. The third-order valence-electron chi connectivity index (χ3n) is 6.95. The summed E-state index contributed by atoms with van der Waals surface area (Å²) in [5.41, 5.74) is 4.70. The van der Waals surface area contributed by atoms with Crippen LogP contribution in [0.25, 0.3) is 0 Å². The number of benzene rings is 3. The van der Waals surface area contributed by atoms with Crippen molar-refractivity contribution in [3.8, 4) is 0 Å². The van der Waals surface area contributed by atoms with Crippen LogP contribution in [0.2, 0.25) is 0 Å². The van der Waals surface area contributed by atoms with E-state index < -0.39 is 0 Å². The van der Waals surface area contributed by atoms with Gasteiger partial charge in [-0.2, -0.15) is 0 Å². The first kappa shape index (κ1) is 21.1. The van der Waals surface area contributed by atoms with E-state index in [-0.39, 0.29) is 5.78 Å². The molecule has 0 bridgehead atoms. The number of carbonyl (C=O) groups excluding carboxylic acids is 1. The average molecular weight is 425 g/mol. The molecule has 2 fully saturated rings. The summed E-state index contributed by atoms with van der Waals surface area (Å²) in [6, 6.07) is 30.3. The molecule has 1 N–H and O–H groups in total. The Kier molecular flexibility index (Phi) is 6.47. The van der Waals surface area contributed by atoms with E-state index in [9.17, 15) is 4.79 Å². The summed E-state index contributed by atoms with van der Waals surface area (Å²) in [7, 11) is 0. The van der Waals surface area contributed by atoms with Crippen LogP contribution in [0.1, 0.15) is 52.2 Å². The van der Waals surface area contributed by atoms with E-state index in [1.165, 1.54) is 43.5 Å². The molecular weight excluding hydrogens is 392 g/mol.